The van der Waals surface area contributed by atoms with E-state index in [1.807, 2.05) is 0 Å². The Balaban J connectivity index is 1.72. The monoisotopic (exact) mass is 407 g/mol. The van der Waals surface area contributed by atoms with Crippen LogP contribution in [0.1, 0.15) is 34.1 Å². The van der Waals surface area contributed by atoms with Crippen molar-refractivity contribution in [3.63, 3.8) is 0 Å². The third-order valence-electron chi connectivity index (χ3n) is 4.29. The van der Waals surface area contributed by atoms with Gasteiger partial charge in [0, 0.05) is 4.88 Å². The number of rotatable bonds is 7. The van der Waals surface area contributed by atoms with Crippen molar-refractivity contribution in [2.75, 3.05) is 18.2 Å². The van der Waals surface area contributed by atoms with E-state index in [2.05, 4.69) is 34.3 Å². The first-order chi connectivity index (χ1) is 13.0. The third-order valence-corrected chi connectivity index (χ3v) is 6.41. The smallest absolute Gasteiger partial charge is 0.341 e. The Bertz CT molecular complexity index is 861. The van der Waals surface area contributed by atoms with Gasteiger partial charge >= 0.3 is 5.97 Å². The molecular formula is C17H21N5O3S2. The summed E-state index contributed by atoms with van der Waals surface area (Å²) in [5, 5.41) is 15.3. The minimum absolute atomic E-state index is 0.136. The summed E-state index contributed by atoms with van der Waals surface area (Å²) in [6, 6.07) is 0. The number of hydrogen-bond acceptors (Lipinski definition) is 8. The highest BCUT2D eigenvalue weighted by atomic mass is 32.2. The van der Waals surface area contributed by atoms with Crippen molar-refractivity contribution in [3.05, 3.63) is 28.7 Å². The molecule has 0 spiro atoms. The summed E-state index contributed by atoms with van der Waals surface area (Å²) in [6.07, 6.45) is 4.46. The molecule has 0 fully saturated rings. The van der Waals surface area contributed by atoms with Gasteiger partial charge in [-0.25, -0.2) is 9.48 Å². The van der Waals surface area contributed by atoms with Crippen LogP contribution in [0.4, 0.5) is 5.00 Å². The molecule has 2 aromatic heterocycles. The Kier molecular flexibility index (Phi) is 6.27. The molecule has 0 saturated carbocycles. The highest BCUT2D eigenvalue weighted by Gasteiger charge is 2.28. The van der Waals surface area contributed by atoms with E-state index in [1.54, 1.807) is 10.8 Å². The molecule has 0 aromatic carbocycles. The topological polar surface area (TPSA) is 99.0 Å². The van der Waals surface area contributed by atoms with Crippen LogP contribution in [-0.2, 0) is 28.9 Å². The number of tetrazole rings is 1. The van der Waals surface area contributed by atoms with Crippen LogP contribution >= 0.6 is 23.1 Å². The molecule has 8 nitrogen and oxygen atoms in total. The summed E-state index contributed by atoms with van der Waals surface area (Å²) in [6.45, 7) is 6.32. The number of esters is 1. The van der Waals surface area contributed by atoms with Crippen LogP contribution in [0, 0.1) is 5.92 Å². The zero-order valence-corrected chi connectivity index (χ0v) is 16.9. The molecule has 2 heterocycles. The van der Waals surface area contributed by atoms with Crippen molar-refractivity contribution in [3.8, 4) is 0 Å². The van der Waals surface area contributed by atoms with E-state index >= 15 is 0 Å². The van der Waals surface area contributed by atoms with Gasteiger partial charge < -0.3 is 10.1 Å². The van der Waals surface area contributed by atoms with Crippen LogP contribution in [0.3, 0.4) is 0 Å². The van der Waals surface area contributed by atoms with Crippen LogP contribution in [0.5, 0.6) is 0 Å². The van der Waals surface area contributed by atoms with Gasteiger partial charge in [-0.3, -0.25) is 4.79 Å². The number of amides is 1. The van der Waals surface area contributed by atoms with E-state index < -0.39 is 5.97 Å². The molecule has 2 aromatic rings. The van der Waals surface area contributed by atoms with Gasteiger partial charge in [0.2, 0.25) is 11.1 Å². The van der Waals surface area contributed by atoms with E-state index in [4.69, 9.17) is 4.74 Å². The van der Waals surface area contributed by atoms with Crippen LogP contribution < -0.4 is 5.32 Å². The van der Waals surface area contributed by atoms with Crippen molar-refractivity contribution >= 4 is 40.0 Å². The molecule has 3 rings (SSSR count). The van der Waals surface area contributed by atoms with Crippen molar-refractivity contribution in [1.29, 1.82) is 0 Å². The Morgan fingerprint density at radius 1 is 1.52 bits per heavy atom. The Labute approximate surface area is 165 Å². The minimum atomic E-state index is -0.403. The molecule has 10 heteroatoms. The van der Waals surface area contributed by atoms with Gasteiger partial charge in [0.25, 0.3) is 0 Å². The zero-order chi connectivity index (χ0) is 19.4. The van der Waals surface area contributed by atoms with Gasteiger partial charge in [0.15, 0.2) is 0 Å². The minimum Gasteiger partial charge on any atom is -0.465 e. The van der Waals surface area contributed by atoms with Gasteiger partial charge in [-0.05, 0) is 41.2 Å². The van der Waals surface area contributed by atoms with Crippen molar-refractivity contribution in [2.45, 2.75) is 37.9 Å². The SMILES string of the molecule is C=CCn1nnnc1SCC(=O)Nc1sc2c(c1C(=O)OC)CCC(C)C2. The van der Waals surface area contributed by atoms with Crippen molar-refractivity contribution in [1.82, 2.24) is 20.2 Å². The van der Waals surface area contributed by atoms with Crippen LogP contribution in [0.2, 0.25) is 0 Å². The fourth-order valence-electron chi connectivity index (χ4n) is 2.99. The van der Waals surface area contributed by atoms with Crippen LogP contribution in [0.15, 0.2) is 17.8 Å². The van der Waals surface area contributed by atoms with Gasteiger partial charge in [-0.15, -0.1) is 23.0 Å². The first-order valence-corrected chi connectivity index (χ1v) is 10.4. The van der Waals surface area contributed by atoms with E-state index in [0.717, 1.165) is 29.7 Å². The molecular weight excluding hydrogens is 386 g/mol. The summed E-state index contributed by atoms with van der Waals surface area (Å²) in [7, 11) is 1.36. The fraction of sp³-hybridized carbons (Fsp3) is 0.471. The second-order valence-electron chi connectivity index (χ2n) is 6.32. The second kappa shape index (κ2) is 8.66. The normalized spacial score (nSPS) is 15.9. The number of carbonyl (C=O) groups is 2. The Hall–Kier alpha value is -2.20. The predicted octanol–water partition coefficient (Wildman–Crippen LogP) is 2.56. The number of hydrogen-bond donors (Lipinski definition) is 1. The number of fused-ring (bicyclic) bond motifs is 1. The lowest BCUT2D eigenvalue weighted by atomic mass is 9.88. The van der Waals surface area contributed by atoms with E-state index in [-0.39, 0.29) is 11.7 Å². The molecule has 0 saturated heterocycles. The molecule has 1 N–H and O–H groups in total. The summed E-state index contributed by atoms with van der Waals surface area (Å²) in [5.41, 5.74) is 1.52. The summed E-state index contributed by atoms with van der Waals surface area (Å²) in [5.74, 6) is 0.0891. The molecule has 0 aliphatic heterocycles. The first kappa shape index (κ1) is 19.6. The van der Waals surface area contributed by atoms with Gasteiger partial charge in [-0.2, -0.15) is 0 Å². The molecule has 1 aliphatic rings. The van der Waals surface area contributed by atoms with Crippen LogP contribution in [0.25, 0.3) is 0 Å². The van der Waals surface area contributed by atoms with E-state index in [1.165, 1.54) is 30.2 Å². The lowest BCUT2D eigenvalue weighted by molar-refractivity contribution is -0.113. The Morgan fingerprint density at radius 2 is 2.33 bits per heavy atom. The molecule has 27 heavy (non-hydrogen) atoms. The Morgan fingerprint density at radius 3 is 3.07 bits per heavy atom. The highest BCUT2D eigenvalue weighted by molar-refractivity contribution is 7.99. The molecule has 144 valence electrons. The van der Waals surface area contributed by atoms with Gasteiger partial charge in [0.1, 0.15) is 5.00 Å². The summed E-state index contributed by atoms with van der Waals surface area (Å²) >= 11 is 2.70. The number of thioether (sulfide) groups is 1. The quantitative estimate of drug-likeness (QED) is 0.428. The lowest BCUT2D eigenvalue weighted by Gasteiger charge is -2.18. The van der Waals surface area contributed by atoms with E-state index in [0.29, 0.717) is 28.2 Å². The lowest BCUT2D eigenvalue weighted by Crippen LogP contribution is -2.17. The number of anilines is 1. The molecule has 1 amide bonds. The van der Waals surface area contributed by atoms with Crippen molar-refractivity contribution in [2.24, 2.45) is 5.92 Å². The number of aromatic nitrogens is 4. The average Bonchev–Trinajstić information content (AvgIpc) is 3.23. The van der Waals surface area contributed by atoms with Gasteiger partial charge in [-0.1, -0.05) is 24.8 Å². The zero-order valence-electron chi connectivity index (χ0n) is 15.2. The first-order valence-electron chi connectivity index (χ1n) is 8.56. The number of nitrogens with one attached hydrogen (secondary N) is 1. The van der Waals surface area contributed by atoms with Crippen LogP contribution in [-0.4, -0.2) is 44.9 Å². The van der Waals surface area contributed by atoms with Crippen molar-refractivity contribution < 1.29 is 14.3 Å². The summed E-state index contributed by atoms with van der Waals surface area (Å²) < 4.78 is 6.51. The number of nitrogens with zero attached hydrogens (tertiary/aromatic N) is 4. The standard InChI is InChI=1S/C17H21N5O3S2/c1-4-7-22-17(19-20-21-22)26-9-13(23)18-15-14(16(24)25-3)11-6-5-10(2)8-12(11)27-15/h4,10H,1,5-9H2,2-3H3,(H,18,23). The molecule has 0 bridgehead atoms. The predicted molar refractivity (Wildman–Crippen MR) is 104 cm³/mol. The fourth-order valence-corrected chi connectivity index (χ4v) is 5.09. The molecule has 0 radical (unpaired) electrons. The van der Waals surface area contributed by atoms with E-state index in [9.17, 15) is 9.59 Å². The van der Waals surface area contributed by atoms with Gasteiger partial charge in [0.05, 0.1) is 25.0 Å². The average molecular weight is 408 g/mol. The number of allylic oxidation sites excluding steroid dienone is 1. The number of methoxy groups -OCH3 is 1. The molecule has 1 unspecified atom stereocenters. The second-order valence-corrected chi connectivity index (χ2v) is 8.36. The molecule has 1 atom stereocenters. The highest BCUT2D eigenvalue weighted by Crippen LogP contribution is 2.40. The largest absolute Gasteiger partial charge is 0.465 e. The maximum absolute atomic E-state index is 12.4. The number of thiophene rings is 1. The maximum Gasteiger partial charge on any atom is 0.341 e. The maximum atomic E-state index is 12.4. The number of carbonyl (C=O) groups excluding carboxylic acids is 2. The third kappa shape index (κ3) is 4.38. The summed E-state index contributed by atoms with van der Waals surface area (Å²) in [4.78, 5) is 25.9. The molecule has 1 aliphatic carbocycles. The number of ether oxygens (including phenoxy) is 1.